The molecule has 1 fully saturated rings. The van der Waals surface area contributed by atoms with E-state index in [0.29, 0.717) is 24.3 Å². The van der Waals surface area contributed by atoms with Gasteiger partial charge in [-0.25, -0.2) is 0 Å². The van der Waals surface area contributed by atoms with Gasteiger partial charge in [0, 0.05) is 25.0 Å². The van der Waals surface area contributed by atoms with Crippen molar-refractivity contribution in [1.29, 1.82) is 0 Å². The number of nitrogens with zero attached hydrogens (tertiary/aromatic N) is 1. The number of carbonyl (C=O) groups is 1. The van der Waals surface area contributed by atoms with Gasteiger partial charge in [0.15, 0.2) is 0 Å². The third-order valence-corrected chi connectivity index (χ3v) is 3.52. The van der Waals surface area contributed by atoms with Gasteiger partial charge in [-0.2, -0.15) is 0 Å². The van der Waals surface area contributed by atoms with Crippen LogP contribution in [0.1, 0.15) is 53.4 Å². The van der Waals surface area contributed by atoms with E-state index in [4.69, 9.17) is 5.73 Å². The molecule has 0 bridgehead atoms. The molecule has 0 aliphatic heterocycles. The fraction of sp³-hybridized carbons (Fsp3) is 0.929. The van der Waals surface area contributed by atoms with E-state index >= 15 is 0 Å². The zero-order chi connectivity index (χ0) is 13.0. The lowest BCUT2D eigenvalue weighted by atomic mass is 10.0. The van der Waals surface area contributed by atoms with Crippen LogP contribution in [0.4, 0.5) is 0 Å². The molecular weight excluding hydrogens is 212 g/mol. The second-order valence-corrected chi connectivity index (χ2v) is 6.11. The molecule has 3 heteroatoms. The first kappa shape index (κ1) is 14.5. The first-order valence-corrected chi connectivity index (χ1v) is 6.96. The summed E-state index contributed by atoms with van der Waals surface area (Å²) in [7, 11) is 0. The van der Waals surface area contributed by atoms with Crippen molar-refractivity contribution in [1.82, 2.24) is 4.90 Å². The van der Waals surface area contributed by atoms with Crippen LogP contribution in [0.3, 0.4) is 0 Å². The van der Waals surface area contributed by atoms with Crippen LogP contribution >= 0.6 is 0 Å². The zero-order valence-corrected chi connectivity index (χ0v) is 11.8. The standard InChI is InChI=1S/C14H28N2O/c1-10(2)7-8-16(12-5-6-12)14(17)9-13(15)11(3)4/h10-13H,5-9,15H2,1-4H3. The van der Waals surface area contributed by atoms with Gasteiger partial charge in [0.1, 0.15) is 0 Å². The lowest BCUT2D eigenvalue weighted by Gasteiger charge is -2.26. The van der Waals surface area contributed by atoms with Crippen molar-refractivity contribution in [2.75, 3.05) is 6.54 Å². The van der Waals surface area contributed by atoms with Crippen LogP contribution in [0.2, 0.25) is 0 Å². The van der Waals surface area contributed by atoms with Gasteiger partial charge in [-0.1, -0.05) is 27.7 Å². The molecule has 1 amide bonds. The molecule has 1 rings (SSSR count). The van der Waals surface area contributed by atoms with Gasteiger partial charge in [0.25, 0.3) is 0 Å². The monoisotopic (exact) mass is 240 g/mol. The maximum absolute atomic E-state index is 12.2. The Hall–Kier alpha value is -0.570. The van der Waals surface area contributed by atoms with Gasteiger partial charge in [0.05, 0.1) is 0 Å². The smallest absolute Gasteiger partial charge is 0.224 e. The average Bonchev–Trinajstić information content (AvgIpc) is 3.01. The number of carbonyl (C=O) groups excluding carboxylic acids is 1. The van der Waals surface area contributed by atoms with Crippen molar-refractivity contribution >= 4 is 5.91 Å². The Morgan fingerprint density at radius 2 is 1.88 bits per heavy atom. The van der Waals surface area contributed by atoms with E-state index in [2.05, 4.69) is 32.6 Å². The first-order chi connectivity index (χ1) is 7.91. The highest BCUT2D eigenvalue weighted by molar-refractivity contribution is 5.77. The maximum atomic E-state index is 12.2. The van der Waals surface area contributed by atoms with Crippen LogP contribution in [-0.2, 0) is 4.79 Å². The highest BCUT2D eigenvalue weighted by Gasteiger charge is 2.32. The van der Waals surface area contributed by atoms with Crippen LogP contribution in [0, 0.1) is 11.8 Å². The van der Waals surface area contributed by atoms with Crippen molar-refractivity contribution in [2.45, 2.75) is 65.5 Å². The largest absolute Gasteiger partial charge is 0.340 e. The summed E-state index contributed by atoms with van der Waals surface area (Å²) in [4.78, 5) is 14.3. The summed E-state index contributed by atoms with van der Waals surface area (Å²) >= 11 is 0. The van der Waals surface area contributed by atoms with Gasteiger partial charge in [0.2, 0.25) is 5.91 Å². The second kappa shape index (κ2) is 6.39. The predicted octanol–water partition coefficient (Wildman–Crippen LogP) is 2.40. The van der Waals surface area contributed by atoms with Crippen LogP contribution in [0.25, 0.3) is 0 Å². The minimum Gasteiger partial charge on any atom is -0.340 e. The Morgan fingerprint density at radius 1 is 1.29 bits per heavy atom. The molecule has 1 atom stereocenters. The number of rotatable bonds is 7. The van der Waals surface area contributed by atoms with Gasteiger partial charge in [-0.15, -0.1) is 0 Å². The Balaban J connectivity index is 2.43. The van der Waals surface area contributed by atoms with E-state index in [1.807, 2.05) is 0 Å². The van der Waals surface area contributed by atoms with E-state index < -0.39 is 0 Å². The molecule has 1 saturated carbocycles. The highest BCUT2D eigenvalue weighted by Crippen LogP contribution is 2.28. The minimum atomic E-state index is 0.00259. The molecule has 3 nitrogen and oxygen atoms in total. The predicted molar refractivity (Wildman–Crippen MR) is 71.6 cm³/mol. The topological polar surface area (TPSA) is 46.3 Å². The Morgan fingerprint density at radius 3 is 2.29 bits per heavy atom. The number of nitrogens with two attached hydrogens (primary N) is 1. The summed E-state index contributed by atoms with van der Waals surface area (Å²) in [6, 6.07) is 0.517. The van der Waals surface area contributed by atoms with Crippen molar-refractivity contribution in [3.63, 3.8) is 0 Å². The summed E-state index contributed by atoms with van der Waals surface area (Å²) in [6.45, 7) is 9.47. The third-order valence-electron chi connectivity index (χ3n) is 3.52. The molecule has 0 radical (unpaired) electrons. The molecule has 1 aliphatic rings. The molecule has 2 N–H and O–H groups in total. The second-order valence-electron chi connectivity index (χ2n) is 6.11. The van der Waals surface area contributed by atoms with Crippen LogP contribution in [0.5, 0.6) is 0 Å². The van der Waals surface area contributed by atoms with E-state index in [1.54, 1.807) is 0 Å². The van der Waals surface area contributed by atoms with Crippen molar-refractivity contribution in [2.24, 2.45) is 17.6 Å². The lowest BCUT2D eigenvalue weighted by Crippen LogP contribution is -2.40. The fourth-order valence-corrected chi connectivity index (χ4v) is 1.85. The summed E-state index contributed by atoms with van der Waals surface area (Å²) in [6.07, 6.45) is 3.97. The molecule has 0 spiro atoms. The minimum absolute atomic E-state index is 0.00259. The molecule has 0 heterocycles. The molecule has 0 aromatic carbocycles. The quantitative estimate of drug-likeness (QED) is 0.742. The van der Waals surface area contributed by atoms with Gasteiger partial charge in [-0.05, 0) is 31.1 Å². The molecule has 1 unspecified atom stereocenters. The van der Waals surface area contributed by atoms with Crippen LogP contribution in [0.15, 0.2) is 0 Å². The molecule has 0 aromatic heterocycles. The Bertz CT molecular complexity index is 247. The number of hydrogen-bond donors (Lipinski definition) is 1. The molecular formula is C14H28N2O. The van der Waals surface area contributed by atoms with Crippen molar-refractivity contribution in [3.05, 3.63) is 0 Å². The number of hydrogen-bond acceptors (Lipinski definition) is 2. The average molecular weight is 240 g/mol. The van der Waals surface area contributed by atoms with E-state index in [1.165, 1.54) is 12.8 Å². The normalized spacial score (nSPS) is 17.6. The third kappa shape index (κ3) is 5.07. The van der Waals surface area contributed by atoms with Crippen molar-refractivity contribution in [3.8, 4) is 0 Å². The van der Waals surface area contributed by atoms with Gasteiger partial charge >= 0.3 is 0 Å². The molecule has 100 valence electrons. The van der Waals surface area contributed by atoms with Gasteiger partial charge < -0.3 is 10.6 Å². The van der Waals surface area contributed by atoms with Gasteiger partial charge in [-0.3, -0.25) is 4.79 Å². The molecule has 0 saturated heterocycles. The first-order valence-electron chi connectivity index (χ1n) is 6.96. The Kier molecular flexibility index (Phi) is 5.44. The molecule has 1 aliphatic carbocycles. The molecule has 17 heavy (non-hydrogen) atoms. The summed E-state index contributed by atoms with van der Waals surface area (Å²) in [5, 5.41) is 0. The highest BCUT2D eigenvalue weighted by atomic mass is 16.2. The molecule has 0 aromatic rings. The Labute approximate surface area is 106 Å². The van der Waals surface area contributed by atoms with Crippen LogP contribution < -0.4 is 5.73 Å². The summed E-state index contributed by atoms with van der Waals surface area (Å²) in [5.74, 6) is 1.29. The van der Waals surface area contributed by atoms with E-state index in [-0.39, 0.29) is 11.9 Å². The van der Waals surface area contributed by atoms with Crippen LogP contribution in [-0.4, -0.2) is 29.4 Å². The SMILES string of the molecule is CC(C)CCN(C(=O)CC(N)C(C)C)C1CC1. The lowest BCUT2D eigenvalue weighted by molar-refractivity contribution is -0.132. The van der Waals surface area contributed by atoms with Crippen molar-refractivity contribution < 1.29 is 4.79 Å². The summed E-state index contributed by atoms with van der Waals surface area (Å²) in [5.41, 5.74) is 5.98. The van der Waals surface area contributed by atoms with E-state index in [0.717, 1.165) is 13.0 Å². The maximum Gasteiger partial charge on any atom is 0.224 e. The van der Waals surface area contributed by atoms with E-state index in [9.17, 15) is 4.79 Å². The summed E-state index contributed by atoms with van der Waals surface area (Å²) < 4.78 is 0. The number of amides is 1. The zero-order valence-electron chi connectivity index (χ0n) is 11.8. The fourth-order valence-electron chi connectivity index (χ4n) is 1.85.